The minimum atomic E-state index is 0. The number of nitrogens with zero attached hydrogens (tertiary/aromatic N) is 2. The molecule has 2 nitrogen and oxygen atoms in total. The number of aromatic nitrogens is 2. The van der Waals surface area contributed by atoms with Gasteiger partial charge in [0.15, 0.2) is 0 Å². The first kappa shape index (κ1) is 15.7. The van der Waals surface area contributed by atoms with Gasteiger partial charge in [0, 0.05) is 0 Å². The molecule has 1 rings (SSSR count). The summed E-state index contributed by atoms with van der Waals surface area (Å²) in [5, 5.41) is 0. The number of aryl methyl sites for hydroxylation is 2. The van der Waals surface area contributed by atoms with Gasteiger partial charge in [0.2, 0.25) is 6.33 Å². The Morgan fingerprint density at radius 2 is 1.62 bits per heavy atom. The van der Waals surface area contributed by atoms with E-state index in [1.807, 2.05) is 0 Å². The van der Waals surface area contributed by atoms with Crippen LogP contribution >= 0.6 is 0 Å². The molecule has 16 heavy (non-hydrogen) atoms. The maximum atomic E-state index is 2.27. The Bertz CT molecular complexity index is 258. The molecule has 0 saturated carbocycles. The minimum Gasteiger partial charge on any atom is -1.00 e. The molecule has 0 N–H and O–H groups in total. The van der Waals surface area contributed by atoms with Crippen molar-refractivity contribution < 1.29 is 21.5 Å². The average Bonchev–Trinajstić information content (AvgIpc) is 2.63. The molecule has 0 amide bonds. The summed E-state index contributed by atoms with van der Waals surface area (Å²) < 4.78 is 4.37. The van der Waals surface area contributed by atoms with Crippen LogP contribution in [0.3, 0.4) is 0 Å². The third kappa shape index (κ3) is 7.04. The van der Waals surface area contributed by atoms with Gasteiger partial charge in [0.1, 0.15) is 12.4 Å². The topological polar surface area (TPSA) is 8.81 Å². The van der Waals surface area contributed by atoms with Crippen molar-refractivity contribution in [2.75, 3.05) is 0 Å². The molecule has 0 aliphatic heterocycles. The summed E-state index contributed by atoms with van der Waals surface area (Å²) in [6, 6.07) is 0. The summed E-state index contributed by atoms with van der Waals surface area (Å²) in [7, 11) is 2.07. The molecule has 0 spiro atoms. The molecule has 3 heteroatoms. The van der Waals surface area contributed by atoms with Crippen LogP contribution in [0.15, 0.2) is 18.7 Å². The summed E-state index contributed by atoms with van der Waals surface area (Å²) in [4.78, 5) is 0. The molecule has 1 aromatic rings. The van der Waals surface area contributed by atoms with Crippen molar-refractivity contribution in [1.82, 2.24) is 4.57 Å². The highest BCUT2D eigenvalue weighted by Crippen LogP contribution is 2.06. The second-order valence-corrected chi connectivity index (χ2v) is 4.44. The second-order valence-electron chi connectivity index (χ2n) is 4.44. The lowest BCUT2D eigenvalue weighted by atomic mass is 10.1. The van der Waals surface area contributed by atoms with E-state index in [0.717, 1.165) is 0 Å². The predicted octanol–water partition coefficient (Wildman–Crippen LogP) is 0.0672. The molecule has 0 aliphatic carbocycles. The fourth-order valence-corrected chi connectivity index (χ4v) is 1.89. The van der Waals surface area contributed by atoms with E-state index >= 15 is 0 Å². The van der Waals surface area contributed by atoms with Gasteiger partial charge in [0.25, 0.3) is 0 Å². The first-order valence-corrected chi connectivity index (χ1v) is 6.34. The Kier molecular flexibility index (Phi) is 9.69. The maximum absolute atomic E-state index is 2.27. The van der Waals surface area contributed by atoms with E-state index in [1.54, 1.807) is 0 Å². The quantitative estimate of drug-likeness (QED) is 0.473. The zero-order valence-corrected chi connectivity index (χ0v) is 12.2. The van der Waals surface area contributed by atoms with Crippen molar-refractivity contribution >= 4 is 0 Å². The number of hydrogen-bond acceptors (Lipinski definition) is 0. The SMILES string of the molecule is CCCCCCCCC[n+]1ccn(C)c1.[Br-]. The highest BCUT2D eigenvalue weighted by molar-refractivity contribution is 4.61. The number of rotatable bonds is 8. The Morgan fingerprint density at radius 3 is 2.19 bits per heavy atom. The molecule has 0 aliphatic rings. The van der Waals surface area contributed by atoms with E-state index in [-0.39, 0.29) is 17.0 Å². The summed E-state index contributed by atoms with van der Waals surface area (Å²) in [6.07, 6.45) is 16.1. The van der Waals surface area contributed by atoms with Crippen molar-refractivity contribution in [2.24, 2.45) is 7.05 Å². The Balaban J connectivity index is 0.00000225. The van der Waals surface area contributed by atoms with Gasteiger partial charge in [0.05, 0.1) is 13.6 Å². The zero-order valence-electron chi connectivity index (χ0n) is 10.7. The highest BCUT2D eigenvalue weighted by atomic mass is 79.9. The molecule has 1 aromatic heterocycles. The van der Waals surface area contributed by atoms with Crippen molar-refractivity contribution in [3.05, 3.63) is 18.7 Å². The lowest BCUT2D eigenvalue weighted by Gasteiger charge is -1.99. The molecular weight excluding hydrogens is 264 g/mol. The Labute approximate surface area is 110 Å². The molecule has 1 heterocycles. The minimum absolute atomic E-state index is 0. The van der Waals surface area contributed by atoms with Crippen LogP contribution in [0, 0.1) is 0 Å². The monoisotopic (exact) mass is 288 g/mol. The van der Waals surface area contributed by atoms with Crippen LogP contribution in [-0.4, -0.2) is 4.57 Å². The van der Waals surface area contributed by atoms with Gasteiger partial charge >= 0.3 is 0 Å². The molecule has 0 radical (unpaired) electrons. The molecule has 94 valence electrons. The van der Waals surface area contributed by atoms with Crippen LogP contribution in [0.4, 0.5) is 0 Å². The number of halogens is 1. The third-order valence-electron chi connectivity index (χ3n) is 2.84. The smallest absolute Gasteiger partial charge is 0.243 e. The van der Waals surface area contributed by atoms with Gasteiger partial charge in [-0.1, -0.05) is 39.0 Å². The molecule has 0 bridgehead atoms. The summed E-state index contributed by atoms with van der Waals surface area (Å²) in [6.45, 7) is 3.45. The molecule has 0 aromatic carbocycles. The second kappa shape index (κ2) is 9.88. The zero-order chi connectivity index (χ0) is 10.9. The van der Waals surface area contributed by atoms with Crippen LogP contribution in [0.2, 0.25) is 0 Å². The fraction of sp³-hybridized carbons (Fsp3) is 0.769. The van der Waals surface area contributed by atoms with Crippen molar-refractivity contribution in [2.45, 2.75) is 58.4 Å². The lowest BCUT2D eigenvalue weighted by molar-refractivity contribution is -0.696. The van der Waals surface area contributed by atoms with Gasteiger partial charge in [-0.3, -0.25) is 0 Å². The molecule has 0 atom stereocenters. The first-order chi connectivity index (χ1) is 7.33. The average molecular weight is 289 g/mol. The fourth-order valence-electron chi connectivity index (χ4n) is 1.89. The largest absolute Gasteiger partial charge is 1.00 e. The predicted molar refractivity (Wildman–Crippen MR) is 63.6 cm³/mol. The molecule has 0 unspecified atom stereocenters. The lowest BCUT2D eigenvalue weighted by Crippen LogP contribution is -3.00. The number of hydrogen-bond donors (Lipinski definition) is 0. The van der Waals surface area contributed by atoms with Gasteiger partial charge in [-0.2, -0.15) is 0 Å². The standard InChI is InChI=1S/C13H25N2.BrH/c1-3-4-5-6-7-8-9-10-15-12-11-14(2)13-15;/h11-13H,3-10H2,1-2H3;1H/q+1;/p-1. The normalized spacial score (nSPS) is 10.1. The van der Waals surface area contributed by atoms with Crippen molar-refractivity contribution in [3.8, 4) is 0 Å². The van der Waals surface area contributed by atoms with Gasteiger partial charge in [-0.15, -0.1) is 0 Å². The molecule has 0 saturated heterocycles. The summed E-state index contributed by atoms with van der Waals surface area (Å²) in [5.41, 5.74) is 0. The highest BCUT2D eigenvalue weighted by Gasteiger charge is 1.98. The molecular formula is C13H25BrN2. The van der Waals surface area contributed by atoms with Gasteiger partial charge in [-0.05, 0) is 12.8 Å². The van der Waals surface area contributed by atoms with Crippen LogP contribution in [0.5, 0.6) is 0 Å². The van der Waals surface area contributed by atoms with Gasteiger partial charge in [-0.25, -0.2) is 9.13 Å². The Morgan fingerprint density at radius 1 is 1.00 bits per heavy atom. The van der Waals surface area contributed by atoms with E-state index in [4.69, 9.17) is 0 Å². The van der Waals surface area contributed by atoms with Crippen LogP contribution in [0.25, 0.3) is 0 Å². The maximum Gasteiger partial charge on any atom is 0.243 e. The number of unbranched alkanes of at least 4 members (excludes halogenated alkanes) is 6. The summed E-state index contributed by atoms with van der Waals surface area (Å²) >= 11 is 0. The van der Waals surface area contributed by atoms with Crippen LogP contribution < -0.4 is 21.5 Å². The van der Waals surface area contributed by atoms with E-state index in [1.165, 1.54) is 51.5 Å². The third-order valence-corrected chi connectivity index (χ3v) is 2.84. The van der Waals surface area contributed by atoms with Crippen LogP contribution in [0.1, 0.15) is 51.9 Å². The van der Waals surface area contributed by atoms with Crippen molar-refractivity contribution in [3.63, 3.8) is 0 Å². The first-order valence-electron chi connectivity index (χ1n) is 6.34. The van der Waals surface area contributed by atoms with E-state index < -0.39 is 0 Å². The van der Waals surface area contributed by atoms with Gasteiger partial charge < -0.3 is 17.0 Å². The summed E-state index contributed by atoms with van der Waals surface area (Å²) in [5.74, 6) is 0. The van der Waals surface area contributed by atoms with E-state index in [9.17, 15) is 0 Å². The molecule has 0 fully saturated rings. The van der Waals surface area contributed by atoms with Crippen molar-refractivity contribution in [1.29, 1.82) is 0 Å². The van der Waals surface area contributed by atoms with E-state index in [2.05, 4.69) is 41.8 Å². The Hall–Kier alpha value is -0.310. The van der Waals surface area contributed by atoms with Crippen LogP contribution in [-0.2, 0) is 13.6 Å². The van der Waals surface area contributed by atoms with E-state index in [0.29, 0.717) is 0 Å². The number of imidazole rings is 1.